The Morgan fingerprint density at radius 1 is 1.33 bits per heavy atom. The summed E-state index contributed by atoms with van der Waals surface area (Å²) in [6.07, 6.45) is 2.94. The number of ether oxygens (including phenoxy) is 1. The molecule has 9 nitrogen and oxygen atoms in total. The Balaban J connectivity index is 1.75. The van der Waals surface area contributed by atoms with Gasteiger partial charge in [0.2, 0.25) is 5.95 Å². The SMILES string of the molecule is CSc1nc2nc(N3CCC[C@@H](NC(=O)OC(C)(C)C)C3)n(Cc3cc(F)ccc3Cl)c2c(=O)n1C. The first-order valence-corrected chi connectivity index (χ1v) is 13.3. The number of hydrogen-bond acceptors (Lipinski definition) is 7. The number of fused-ring (bicyclic) bond motifs is 1. The van der Waals surface area contributed by atoms with E-state index in [1.807, 2.05) is 31.9 Å². The number of piperidine rings is 1. The molecule has 36 heavy (non-hydrogen) atoms. The molecule has 3 heterocycles. The van der Waals surface area contributed by atoms with Crippen LogP contribution in [0.15, 0.2) is 28.2 Å². The van der Waals surface area contributed by atoms with Gasteiger partial charge in [-0.25, -0.2) is 14.2 Å². The lowest BCUT2D eigenvalue weighted by Crippen LogP contribution is -2.49. The fourth-order valence-corrected chi connectivity index (χ4v) is 5.00. The summed E-state index contributed by atoms with van der Waals surface area (Å²) in [6, 6.07) is 3.98. The smallest absolute Gasteiger partial charge is 0.407 e. The van der Waals surface area contributed by atoms with Crippen molar-refractivity contribution >= 4 is 46.6 Å². The largest absolute Gasteiger partial charge is 0.444 e. The molecule has 1 saturated heterocycles. The molecule has 1 aromatic carbocycles. The second-order valence-corrected chi connectivity index (χ2v) is 11.0. The molecule has 0 bridgehead atoms. The van der Waals surface area contributed by atoms with Crippen LogP contribution in [0, 0.1) is 5.82 Å². The van der Waals surface area contributed by atoms with Crippen molar-refractivity contribution in [1.29, 1.82) is 0 Å². The third-order valence-corrected chi connectivity index (χ3v) is 6.97. The summed E-state index contributed by atoms with van der Waals surface area (Å²) in [5.74, 6) is 0.0968. The van der Waals surface area contributed by atoms with E-state index in [9.17, 15) is 14.0 Å². The predicted octanol–water partition coefficient (Wildman–Crippen LogP) is 4.19. The summed E-state index contributed by atoms with van der Waals surface area (Å²) in [5.41, 5.74) is 0.293. The zero-order chi connectivity index (χ0) is 26.2. The first kappa shape index (κ1) is 26.3. The third kappa shape index (κ3) is 5.62. The van der Waals surface area contributed by atoms with Gasteiger partial charge in [0.25, 0.3) is 5.56 Å². The molecule has 0 unspecified atom stereocenters. The van der Waals surface area contributed by atoms with Crippen molar-refractivity contribution in [3.05, 3.63) is 45.0 Å². The number of amides is 1. The Kier molecular flexibility index (Phi) is 7.51. The van der Waals surface area contributed by atoms with Gasteiger partial charge in [0.1, 0.15) is 11.4 Å². The fraction of sp³-hybridized carbons (Fsp3) is 0.500. The number of thioether (sulfide) groups is 1. The van der Waals surface area contributed by atoms with E-state index in [0.29, 0.717) is 45.9 Å². The van der Waals surface area contributed by atoms with Crippen molar-refractivity contribution in [1.82, 2.24) is 24.4 Å². The average molecular weight is 537 g/mol. The van der Waals surface area contributed by atoms with E-state index in [4.69, 9.17) is 21.3 Å². The Labute approximate surface area is 218 Å². The molecule has 2 aromatic heterocycles. The van der Waals surface area contributed by atoms with Crippen molar-refractivity contribution in [2.75, 3.05) is 24.2 Å². The van der Waals surface area contributed by atoms with E-state index >= 15 is 0 Å². The van der Waals surface area contributed by atoms with Crippen molar-refractivity contribution in [2.24, 2.45) is 7.05 Å². The molecule has 1 N–H and O–H groups in total. The van der Waals surface area contributed by atoms with Crippen LogP contribution in [0.3, 0.4) is 0 Å². The maximum atomic E-state index is 14.1. The number of nitrogens with zero attached hydrogens (tertiary/aromatic N) is 5. The Morgan fingerprint density at radius 3 is 2.78 bits per heavy atom. The molecule has 0 saturated carbocycles. The van der Waals surface area contributed by atoms with Crippen LogP contribution >= 0.6 is 23.4 Å². The monoisotopic (exact) mass is 536 g/mol. The normalized spacial score (nSPS) is 16.4. The maximum absolute atomic E-state index is 14.1. The predicted molar refractivity (Wildman–Crippen MR) is 140 cm³/mol. The van der Waals surface area contributed by atoms with Gasteiger partial charge < -0.3 is 15.0 Å². The molecule has 4 rings (SSSR count). The molecule has 1 aliphatic heterocycles. The minimum Gasteiger partial charge on any atom is -0.444 e. The van der Waals surface area contributed by atoms with Crippen LogP contribution in [0.25, 0.3) is 11.2 Å². The zero-order valence-electron chi connectivity index (χ0n) is 21.0. The van der Waals surface area contributed by atoms with Crippen LogP contribution in [0.5, 0.6) is 0 Å². The Hall–Kier alpha value is -2.79. The number of carbonyl (C=O) groups excluding carboxylic acids is 1. The second-order valence-electron chi connectivity index (χ2n) is 9.80. The highest BCUT2D eigenvalue weighted by Crippen LogP contribution is 2.27. The molecule has 1 atom stereocenters. The molecule has 3 aromatic rings. The van der Waals surface area contributed by atoms with Gasteiger partial charge in [-0.15, -0.1) is 0 Å². The summed E-state index contributed by atoms with van der Waals surface area (Å²) in [5, 5.41) is 3.86. The number of carbonyl (C=O) groups is 1. The average Bonchev–Trinajstić information content (AvgIpc) is 3.15. The Bertz CT molecular complexity index is 1350. The first-order valence-electron chi connectivity index (χ1n) is 11.7. The summed E-state index contributed by atoms with van der Waals surface area (Å²) < 4.78 is 22.7. The lowest BCUT2D eigenvalue weighted by molar-refractivity contribution is 0.0499. The van der Waals surface area contributed by atoms with Gasteiger partial charge in [-0.05, 0) is 63.6 Å². The molecule has 0 aliphatic carbocycles. The molecule has 0 radical (unpaired) electrons. The fourth-order valence-electron chi connectivity index (χ4n) is 4.29. The maximum Gasteiger partial charge on any atom is 0.407 e. The Morgan fingerprint density at radius 2 is 2.08 bits per heavy atom. The van der Waals surface area contributed by atoms with Gasteiger partial charge in [0.15, 0.2) is 16.3 Å². The standard InChI is InChI=1S/C24H30ClFN6O3S/c1-24(2,3)35-23(34)27-16-7-6-10-31(13-16)21-28-19-18(20(33)30(4)22(29-19)36-5)32(21)12-14-11-15(26)8-9-17(14)25/h8-9,11,16H,6-7,10,12-13H2,1-5H3,(H,27,34)/t16-/m1/s1. The van der Waals surface area contributed by atoms with Gasteiger partial charge in [0.05, 0.1) is 6.54 Å². The number of imidazole rings is 1. The molecule has 0 spiro atoms. The molecular weight excluding hydrogens is 507 g/mol. The number of rotatable bonds is 5. The highest BCUT2D eigenvalue weighted by molar-refractivity contribution is 7.98. The van der Waals surface area contributed by atoms with E-state index in [2.05, 4.69) is 10.3 Å². The van der Waals surface area contributed by atoms with Gasteiger partial charge in [-0.1, -0.05) is 23.4 Å². The highest BCUT2D eigenvalue weighted by atomic mass is 35.5. The van der Waals surface area contributed by atoms with Crippen LogP contribution < -0.4 is 15.8 Å². The number of nitrogens with one attached hydrogen (secondary N) is 1. The van der Waals surface area contributed by atoms with E-state index < -0.39 is 17.5 Å². The number of alkyl carbamates (subject to hydrolysis) is 1. The molecule has 1 amide bonds. The zero-order valence-corrected chi connectivity index (χ0v) is 22.5. The van der Waals surface area contributed by atoms with Crippen molar-refractivity contribution < 1.29 is 13.9 Å². The third-order valence-electron chi connectivity index (χ3n) is 5.87. The van der Waals surface area contributed by atoms with Gasteiger partial charge >= 0.3 is 6.09 Å². The number of anilines is 1. The number of aromatic nitrogens is 4. The van der Waals surface area contributed by atoms with Crippen LogP contribution in [0.1, 0.15) is 39.2 Å². The molecule has 12 heteroatoms. The molecule has 1 aliphatic rings. The summed E-state index contributed by atoms with van der Waals surface area (Å²) in [4.78, 5) is 37.1. The lowest BCUT2D eigenvalue weighted by atomic mass is 10.1. The summed E-state index contributed by atoms with van der Waals surface area (Å²) in [7, 11) is 1.66. The van der Waals surface area contributed by atoms with Crippen molar-refractivity contribution in [2.45, 2.75) is 57.0 Å². The second kappa shape index (κ2) is 10.3. The first-order chi connectivity index (χ1) is 17.0. The van der Waals surface area contributed by atoms with Gasteiger partial charge in [-0.3, -0.25) is 13.9 Å². The quantitative estimate of drug-likeness (QED) is 0.386. The highest BCUT2D eigenvalue weighted by Gasteiger charge is 2.29. The van der Waals surface area contributed by atoms with Crippen molar-refractivity contribution in [3.63, 3.8) is 0 Å². The number of benzene rings is 1. The van der Waals surface area contributed by atoms with Gasteiger partial charge in [-0.2, -0.15) is 4.98 Å². The number of halogens is 2. The van der Waals surface area contributed by atoms with Gasteiger partial charge in [0, 0.05) is 31.2 Å². The topological polar surface area (TPSA) is 94.3 Å². The summed E-state index contributed by atoms with van der Waals surface area (Å²) in [6.45, 7) is 6.72. The summed E-state index contributed by atoms with van der Waals surface area (Å²) >= 11 is 7.73. The van der Waals surface area contributed by atoms with Crippen LogP contribution in [0.2, 0.25) is 5.02 Å². The molecule has 194 valence electrons. The lowest BCUT2D eigenvalue weighted by Gasteiger charge is -2.34. The molecule has 1 fully saturated rings. The van der Waals surface area contributed by atoms with E-state index in [0.717, 1.165) is 12.8 Å². The van der Waals surface area contributed by atoms with Crippen LogP contribution in [-0.4, -0.2) is 56.2 Å². The van der Waals surface area contributed by atoms with Crippen LogP contribution in [-0.2, 0) is 18.3 Å². The van der Waals surface area contributed by atoms with E-state index in [-0.39, 0.29) is 18.1 Å². The van der Waals surface area contributed by atoms with E-state index in [1.54, 1.807) is 11.6 Å². The van der Waals surface area contributed by atoms with Crippen molar-refractivity contribution in [3.8, 4) is 0 Å². The van der Waals surface area contributed by atoms with Crippen LogP contribution in [0.4, 0.5) is 15.1 Å². The number of hydrogen-bond donors (Lipinski definition) is 1. The van der Waals surface area contributed by atoms with E-state index in [1.165, 1.54) is 34.5 Å². The minimum absolute atomic E-state index is 0.138. The minimum atomic E-state index is -0.600. The molecular formula is C24H30ClFN6O3S.